The summed E-state index contributed by atoms with van der Waals surface area (Å²) in [6.45, 7) is 4.47. The lowest BCUT2D eigenvalue weighted by Gasteiger charge is -2.10. The summed E-state index contributed by atoms with van der Waals surface area (Å²) in [5.41, 5.74) is 1.74. The molecule has 0 fully saturated rings. The monoisotopic (exact) mass is 632 g/mol. The van der Waals surface area contributed by atoms with Crippen molar-refractivity contribution in [2.24, 2.45) is 0 Å². The van der Waals surface area contributed by atoms with Gasteiger partial charge in [-0.15, -0.1) is 28.1 Å². The number of thioether (sulfide) groups is 1. The van der Waals surface area contributed by atoms with Gasteiger partial charge in [0, 0.05) is 27.0 Å². The van der Waals surface area contributed by atoms with Gasteiger partial charge in [-0.25, -0.2) is 4.79 Å². The summed E-state index contributed by atoms with van der Waals surface area (Å²) < 4.78 is 13.6. The highest BCUT2D eigenvalue weighted by Crippen LogP contribution is 2.36. The lowest BCUT2D eigenvalue weighted by Crippen LogP contribution is -2.16. The van der Waals surface area contributed by atoms with Gasteiger partial charge in [0.05, 0.1) is 12.9 Å². The van der Waals surface area contributed by atoms with E-state index in [1.54, 1.807) is 23.6 Å². The number of nitrogens with one attached hydrogen (secondary N) is 1. The Balaban J connectivity index is 1.44. The summed E-state index contributed by atoms with van der Waals surface area (Å²) >= 11 is 11.9. The van der Waals surface area contributed by atoms with Crippen LogP contribution in [0.25, 0.3) is 11.1 Å². The van der Waals surface area contributed by atoms with Crippen molar-refractivity contribution in [1.82, 2.24) is 14.8 Å². The van der Waals surface area contributed by atoms with Crippen molar-refractivity contribution in [1.29, 1.82) is 0 Å². The third-order valence-corrected chi connectivity index (χ3v) is 7.85. The molecule has 196 valence electrons. The fraction of sp³-hybridized carbons (Fsp3) is 0.154. The predicted molar refractivity (Wildman–Crippen MR) is 154 cm³/mol. The molecular weight excluding hydrogens is 612 g/mol. The lowest BCUT2D eigenvalue weighted by atomic mass is 10.0. The van der Waals surface area contributed by atoms with Crippen molar-refractivity contribution < 1.29 is 19.1 Å². The number of benzene rings is 2. The Morgan fingerprint density at radius 2 is 1.92 bits per heavy atom. The summed E-state index contributed by atoms with van der Waals surface area (Å²) in [4.78, 5) is 25.4. The Morgan fingerprint density at radius 3 is 2.61 bits per heavy atom. The molecule has 0 atom stereocenters. The van der Waals surface area contributed by atoms with E-state index in [4.69, 9.17) is 21.1 Å². The number of nitrogens with zero attached hydrogens (tertiary/aromatic N) is 3. The highest BCUT2D eigenvalue weighted by Gasteiger charge is 2.23. The van der Waals surface area contributed by atoms with E-state index < -0.39 is 5.97 Å². The number of hydrogen-bond acceptors (Lipinski definition) is 8. The third-order valence-electron chi connectivity index (χ3n) is 5.21. The van der Waals surface area contributed by atoms with E-state index >= 15 is 0 Å². The molecule has 0 aliphatic carbocycles. The number of ether oxygens (including phenoxy) is 2. The van der Waals surface area contributed by atoms with Crippen LogP contribution in [-0.2, 0) is 22.7 Å². The molecule has 38 heavy (non-hydrogen) atoms. The Bertz CT molecular complexity index is 1440. The first-order chi connectivity index (χ1) is 18.4. The minimum atomic E-state index is -0.541. The molecule has 0 unspecified atom stereocenters. The first-order valence-corrected chi connectivity index (χ1v) is 14.2. The fourth-order valence-corrected chi connectivity index (χ4v) is 5.54. The van der Waals surface area contributed by atoms with Gasteiger partial charge >= 0.3 is 5.97 Å². The van der Waals surface area contributed by atoms with Gasteiger partial charge in [0.2, 0.25) is 5.91 Å². The molecule has 12 heteroatoms. The molecule has 0 spiro atoms. The van der Waals surface area contributed by atoms with Crippen LogP contribution in [0, 0.1) is 0 Å². The summed E-state index contributed by atoms with van der Waals surface area (Å²) in [5, 5.41) is 14.6. The van der Waals surface area contributed by atoms with Crippen molar-refractivity contribution in [3.8, 4) is 16.9 Å². The predicted octanol–water partition coefficient (Wildman–Crippen LogP) is 6.70. The average molecular weight is 634 g/mol. The molecule has 2 aromatic carbocycles. The van der Waals surface area contributed by atoms with E-state index in [2.05, 4.69) is 38.0 Å². The third kappa shape index (κ3) is 6.84. The van der Waals surface area contributed by atoms with Crippen LogP contribution in [0.4, 0.5) is 5.00 Å². The molecule has 0 bridgehead atoms. The summed E-state index contributed by atoms with van der Waals surface area (Å²) in [6, 6.07) is 14.6. The van der Waals surface area contributed by atoms with Crippen LogP contribution < -0.4 is 10.1 Å². The van der Waals surface area contributed by atoms with E-state index in [0.717, 1.165) is 10.0 Å². The van der Waals surface area contributed by atoms with Crippen molar-refractivity contribution in [2.75, 3.05) is 18.2 Å². The number of rotatable bonds is 11. The lowest BCUT2D eigenvalue weighted by molar-refractivity contribution is -0.113. The molecule has 2 aromatic heterocycles. The van der Waals surface area contributed by atoms with E-state index in [1.807, 2.05) is 41.0 Å². The summed E-state index contributed by atoms with van der Waals surface area (Å²) in [5.74, 6) is 0.517. The van der Waals surface area contributed by atoms with E-state index in [9.17, 15) is 9.59 Å². The topological polar surface area (TPSA) is 95.3 Å². The van der Waals surface area contributed by atoms with Gasteiger partial charge in [-0.2, -0.15) is 0 Å². The van der Waals surface area contributed by atoms with Gasteiger partial charge in [0.15, 0.2) is 11.0 Å². The average Bonchev–Trinajstić information content (AvgIpc) is 3.51. The quantitative estimate of drug-likeness (QED) is 0.112. The van der Waals surface area contributed by atoms with Crippen molar-refractivity contribution in [3.05, 3.63) is 87.4 Å². The summed E-state index contributed by atoms with van der Waals surface area (Å²) in [7, 11) is 1.30. The largest absolute Gasteiger partial charge is 0.486 e. The van der Waals surface area contributed by atoms with Crippen LogP contribution >= 0.6 is 50.6 Å². The number of allylic oxidation sites excluding steroid dienone is 1. The van der Waals surface area contributed by atoms with Crippen LogP contribution in [0.2, 0.25) is 5.02 Å². The Kier molecular flexibility index (Phi) is 9.62. The minimum absolute atomic E-state index is 0.0532. The highest BCUT2D eigenvalue weighted by molar-refractivity contribution is 9.10. The van der Waals surface area contributed by atoms with E-state index in [1.165, 1.54) is 30.2 Å². The SMILES string of the molecule is C=CCn1c(COc2ccc(Br)cc2)nnc1SCC(=O)Nc1scc(-c2ccc(Cl)cc2)c1C(=O)OC. The van der Waals surface area contributed by atoms with E-state index in [0.29, 0.717) is 44.4 Å². The van der Waals surface area contributed by atoms with Crippen LogP contribution in [-0.4, -0.2) is 39.5 Å². The van der Waals surface area contributed by atoms with Crippen LogP contribution in [0.1, 0.15) is 16.2 Å². The number of carbonyl (C=O) groups is 2. The molecule has 1 N–H and O–H groups in total. The second-order valence-electron chi connectivity index (χ2n) is 7.73. The van der Waals surface area contributed by atoms with Crippen molar-refractivity contribution in [2.45, 2.75) is 18.3 Å². The van der Waals surface area contributed by atoms with Crippen molar-refractivity contribution >= 4 is 67.5 Å². The first kappa shape index (κ1) is 27.9. The normalized spacial score (nSPS) is 10.7. The number of esters is 1. The second kappa shape index (κ2) is 13.1. The van der Waals surface area contributed by atoms with Gasteiger partial charge in [0.25, 0.3) is 0 Å². The van der Waals surface area contributed by atoms with Gasteiger partial charge in [-0.1, -0.05) is 57.5 Å². The fourth-order valence-electron chi connectivity index (χ4n) is 3.41. The van der Waals surface area contributed by atoms with E-state index in [-0.39, 0.29) is 18.3 Å². The second-order valence-corrected chi connectivity index (χ2v) is 10.9. The molecule has 0 saturated heterocycles. The maximum atomic E-state index is 12.9. The maximum absolute atomic E-state index is 12.9. The van der Waals surface area contributed by atoms with Gasteiger partial charge in [0.1, 0.15) is 22.9 Å². The Labute approximate surface area is 241 Å². The number of aromatic nitrogens is 3. The van der Waals surface area contributed by atoms with Gasteiger partial charge in [-0.3, -0.25) is 9.36 Å². The molecule has 4 rings (SSSR count). The minimum Gasteiger partial charge on any atom is -0.486 e. The van der Waals surface area contributed by atoms with Crippen LogP contribution in [0.15, 0.2) is 76.2 Å². The van der Waals surface area contributed by atoms with Crippen LogP contribution in [0.3, 0.4) is 0 Å². The molecule has 8 nitrogen and oxygen atoms in total. The van der Waals surface area contributed by atoms with Gasteiger partial charge in [-0.05, 0) is 42.0 Å². The zero-order valence-corrected chi connectivity index (χ0v) is 24.1. The molecule has 0 aliphatic rings. The smallest absolute Gasteiger partial charge is 0.341 e. The van der Waals surface area contributed by atoms with Gasteiger partial charge < -0.3 is 14.8 Å². The number of methoxy groups -OCH3 is 1. The summed E-state index contributed by atoms with van der Waals surface area (Å²) in [6.07, 6.45) is 1.73. The van der Waals surface area contributed by atoms with Crippen molar-refractivity contribution in [3.63, 3.8) is 0 Å². The molecule has 4 aromatic rings. The Morgan fingerprint density at radius 1 is 1.18 bits per heavy atom. The number of anilines is 1. The zero-order valence-electron chi connectivity index (χ0n) is 20.1. The standard InChI is InChI=1S/C26H22BrClN4O4S2/c1-3-12-32-21(13-36-19-10-6-17(27)7-11-19)30-31-26(32)38-15-22(33)29-24-23(25(34)35-2)20(14-37-24)16-4-8-18(28)9-5-16/h3-11,14H,1,12-13,15H2,2H3,(H,29,33). The highest BCUT2D eigenvalue weighted by atomic mass is 79.9. The molecule has 0 radical (unpaired) electrons. The van der Waals surface area contributed by atoms with Crippen LogP contribution in [0.5, 0.6) is 5.75 Å². The maximum Gasteiger partial charge on any atom is 0.341 e. The number of halogens is 2. The molecule has 0 saturated carbocycles. The number of hydrogen-bond donors (Lipinski definition) is 1. The first-order valence-electron chi connectivity index (χ1n) is 11.2. The molecular formula is C26H22BrClN4O4S2. The molecule has 0 aliphatic heterocycles. The number of amides is 1. The number of carbonyl (C=O) groups excluding carboxylic acids is 2. The number of thiophene rings is 1. The Hall–Kier alpha value is -3.12. The zero-order chi connectivity index (χ0) is 27.1. The molecule has 1 amide bonds. The molecule has 2 heterocycles.